The molecule has 2 rings (SSSR count). The lowest BCUT2D eigenvalue weighted by Gasteiger charge is -2.26. The number of hydrogen-bond acceptors (Lipinski definition) is 6. The molecule has 1 aliphatic heterocycles. The summed E-state index contributed by atoms with van der Waals surface area (Å²) in [5, 5.41) is 24.4. The molecule has 0 bridgehead atoms. The first-order chi connectivity index (χ1) is 9.96. The van der Waals surface area contributed by atoms with E-state index < -0.39 is 10.5 Å². The van der Waals surface area contributed by atoms with Crippen molar-refractivity contribution < 1.29 is 19.5 Å². The summed E-state index contributed by atoms with van der Waals surface area (Å²) in [6.07, 6.45) is 0.374. The van der Waals surface area contributed by atoms with Crippen LogP contribution in [0.3, 0.4) is 0 Å². The van der Waals surface area contributed by atoms with Crippen LogP contribution in [-0.4, -0.2) is 42.0 Å². The van der Waals surface area contributed by atoms with Crippen LogP contribution in [0.1, 0.15) is 18.9 Å². The van der Waals surface area contributed by atoms with Crippen LogP contribution in [0.5, 0.6) is 5.75 Å². The Bertz CT molecular complexity index is 522. The van der Waals surface area contributed by atoms with Gasteiger partial charge in [0, 0.05) is 32.2 Å². The van der Waals surface area contributed by atoms with Crippen molar-refractivity contribution in [3.05, 3.63) is 33.9 Å². The predicted molar refractivity (Wildman–Crippen MR) is 76.3 cm³/mol. The lowest BCUT2D eigenvalue weighted by atomic mass is 9.96. The second kappa shape index (κ2) is 6.38. The molecule has 2 atom stereocenters. The second-order valence-electron chi connectivity index (χ2n) is 5.23. The van der Waals surface area contributed by atoms with Crippen LogP contribution in [-0.2, 0) is 11.3 Å². The van der Waals surface area contributed by atoms with Crippen molar-refractivity contribution in [2.45, 2.75) is 31.6 Å². The normalized spacial score (nSPS) is 25.0. The van der Waals surface area contributed by atoms with E-state index in [1.165, 1.54) is 13.2 Å². The highest BCUT2D eigenvalue weighted by molar-refractivity contribution is 5.48. The number of nitro groups is 1. The van der Waals surface area contributed by atoms with E-state index in [-0.39, 0.29) is 17.5 Å². The monoisotopic (exact) mass is 296 g/mol. The van der Waals surface area contributed by atoms with Crippen molar-refractivity contribution in [3.8, 4) is 5.75 Å². The average molecular weight is 296 g/mol. The summed E-state index contributed by atoms with van der Waals surface area (Å²) in [6, 6.07) is 4.81. The number of methoxy groups -OCH3 is 1. The third kappa shape index (κ3) is 3.49. The van der Waals surface area contributed by atoms with Gasteiger partial charge in [-0.2, -0.15) is 0 Å². The minimum atomic E-state index is -0.877. The van der Waals surface area contributed by atoms with E-state index in [0.29, 0.717) is 26.1 Å². The third-order valence-electron chi connectivity index (χ3n) is 3.86. The Kier molecular flexibility index (Phi) is 4.76. The molecule has 1 fully saturated rings. The average Bonchev–Trinajstić information content (AvgIpc) is 2.78. The van der Waals surface area contributed by atoms with Gasteiger partial charge in [-0.25, -0.2) is 0 Å². The zero-order valence-electron chi connectivity index (χ0n) is 12.2. The van der Waals surface area contributed by atoms with Gasteiger partial charge in [-0.05, 0) is 18.6 Å². The molecular weight excluding hydrogens is 276 g/mol. The van der Waals surface area contributed by atoms with Gasteiger partial charge in [0.15, 0.2) is 5.75 Å². The molecule has 1 aliphatic rings. The number of ether oxygens (including phenoxy) is 2. The van der Waals surface area contributed by atoms with E-state index in [9.17, 15) is 15.2 Å². The molecule has 2 unspecified atom stereocenters. The fourth-order valence-electron chi connectivity index (χ4n) is 2.41. The minimum Gasteiger partial charge on any atom is -0.490 e. The maximum atomic E-state index is 11.0. The highest BCUT2D eigenvalue weighted by atomic mass is 16.6. The number of nitro benzene ring substituents is 1. The number of hydrogen-bond donors (Lipinski definition) is 2. The first kappa shape index (κ1) is 15.7. The molecule has 2 N–H and O–H groups in total. The van der Waals surface area contributed by atoms with Crippen LogP contribution >= 0.6 is 0 Å². The molecule has 0 aromatic heterocycles. The summed E-state index contributed by atoms with van der Waals surface area (Å²) >= 11 is 0. The molecule has 7 nitrogen and oxygen atoms in total. The van der Waals surface area contributed by atoms with E-state index in [1.54, 1.807) is 12.1 Å². The van der Waals surface area contributed by atoms with Gasteiger partial charge >= 0.3 is 5.69 Å². The number of rotatable bonds is 6. The Morgan fingerprint density at radius 1 is 1.62 bits per heavy atom. The van der Waals surface area contributed by atoms with Crippen LogP contribution in [0, 0.1) is 10.1 Å². The third-order valence-corrected chi connectivity index (χ3v) is 3.86. The Morgan fingerprint density at radius 3 is 2.95 bits per heavy atom. The predicted octanol–water partition coefficient (Wildman–Crippen LogP) is 1.23. The van der Waals surface area contributed by atoms with Crippen LogP contribution in [0.25, 0.3) is 0 Å². The van der Waals surface area contributed by atoms with Crippen molar-refractivity contribution in [1.82, 2.24) is 5.32 Å². The lowest BCUT2D eigenvalue weighted by Crippen LogP contribution is -2.45. The summed E-state index contributed by atoms with van der Waals surface area (Å²) in [5.41, 5.74) is -0.177. The van der Waals surface area contributed by atoms with Crippen molar-refractivity contribution in [2.75, 3.05) is 20.3 Å². The molecule has 1 aromatic rings. The summed E-state index contributed by atoms with van der Waals surface area (Å²) in [7, 11) is 1.40. The lowest BCUT2D eigenvalue weighted by molar-refractivity contribution is -0.385. The Hall–Kier alpha value is -1.70. The van der Waals surface area contributed by atoms with Gasteiger partial charge < -0.3 is 19.9 Å². The molecule has 0 radical (unpaired) electrons. The fraction of sp³-hybridized carbons (Fsp3) is 0.571. The standard InChI is InChI=1S/C14H20N2O5/c1-10-14(17,5-6-21-10)9-15-8-11-3-4-13(20-2)12(7-11)16(18)19/h3-4,7,10,15,17H,5-6,8-9H2,1-2H3. The van der Waals surface area contributed by atoms with Gasteiger partial charge in [-0.1, -0.05) is 6.07 Å². The van der Waals surface area contributed by atoms with E-state index in [0.717, 1.165) is 5.56 Å². The van der Waals surface area contributed by atoms with Crippen LogP contribution in [0.4, 0.5) is 5.69 Å². The first-order valence-corrected chi connectivity index (χ1v) is 6.82. The second-order valence-corrected chi connectivity index (χ2v) is 5.23. The summed E-state index contributed by atoms with van der Waals surface area (Å²) < 4.78 is 10.3. The number of nitrogens with zero attached hydrogens (tertiary/aromatic N) is 1. The molecule has 1 aromatic carbocycles. The quantitative estimate of drug-likeness (QED) is 0.606. The smallest absolute Gasteiger partial charge is 0.311 e. The molecular formula is C14H20N2O5. The molecule has 0 spiro atoms. The van der Waals surface area contributed by atoms with Gasteiger partial charge in [-0.15, -0.1) is 0 Å². The van der Waals surface area contributed by atoms with Crippen LogP contribution in [0.15, 0.2) is 18.2 Å². The van der Waals surface area contributed by atoms with Crippen molar-refractivity contribution in [1.29, 1.82) is 0 Å². The Labute approximate surface area is 123 Å². The van der Waals surface area contributed by atoms with Crippen molar-refractivity contribution in [2.24, 2.45) is 0 Å². The summed E-state index contributed by atoms with van der Waals surface area (Å²) in [5.74, 6) is 0.236. The van der Waals surface area contributed by atoms with E-state index in [4.69, 9.17) is 9.47 Å². The summed E-state index contributed by atoms with van der Waals surface area (Å²) in [6.45, 7) is 3.20. The largest absolute Gasteiger partial charge is 0.490 e. The van der Waals surface area contributed by atoms with E-state index in [1.807, 2.05) is 6.92 Å². The van der Waals surface area contributed by atoms with Gasteiger partial charge in [0.2, 0.25) is 0 Å². The highest BCUT2D eigenvalue weighted by Crippen LogP contribution is 2.28. The molecule has 21 heavy (non-hydrogen) atoms. The Morgan fingerprint density at radius 2 is 2.38 bits per heavy atom. The zero-order valence-corrected chi connectivity index (χ0v) is 12.2. The van der Waals surface area contributed by atoms with Crippen molar-refractivity contribution in [3.63, 3.8) is 0 Å². The fourth-order valence-corrected chi connectivity index (χ4v) is 2.41. The molecule has 1 saturated heterocycles. The zero-order chi connectivity index (χ0) is 15.5. The van der Waals surface area contributed by atoms with Crippen LogP contribution in [0.2, 0.25) is 0 Å². The molecule has 116 valence electrons. The Balaban J connectivity index is 1.97. The first-order valence-electron chi connectivity index (χ1n) is 6.82. The molecule has 1 heterocycles. The molecule has 0 aliphatic carbocycles. The molecule has 7 heteroatoms. The van der Waals surface area contributed by atoms with E-state index in [2.05, 4.69) is 5.32 Å². The summed E-state index contributed by atoms with van der Waals surface area (Å²) in [4.78, 5) is 10.5. The molecule has 0 saturated carbocycles. The maximum absolute atomic E-state index is 11.0. The van der Waals surface area contributed by atoms with Gasteiger partial charge in [0.25, 0.3) is 0 Å². The highest BCUT2D eigenvalue weighted by Gasteiger charge is 2.38. The number of aliphatic hydroxyl groups is 1. The number of nitrogens with one attached hydrogen (secondary N) is 1. The topological polar surface area (TPSA) is 93.9 Å². The van der Waals surface area contributed by atoms with Crippen LogP contribution < -0.4 is 10.1 Å². The van der Waals surface area contributed by atoms with Gasteiger partial charge in [0.1, 0.15) is 5.60 Å². The van der Waals surface area contributed by atoms with Crippen molar-refractivity contribution >= 4 is 5.69 Å². The minimum absolute atomic E-state index is 0.0620. The molecule has 0 amide bonds. The van der Waals surface area contributed by atoms with E-state index >= 15 is 0 Å². The van der Waals surface area contributed by atoms with Gasteiger partial charge in [-0.3, -0.25) is 10.1 Å². The van der Waals surface area contributed by atoms with Gasteiger partial charge in [0.05, 0.1) is 18.1 Å². The maximum Gasteiger partial charge on any atom is 0.311 e. The SMILES string of the molecule is COc1ccc(CNCC2(O)CCOC2C)cc1[N+](=O)[O-]. The number of benzene rings is 1.